The van der Waals surface area contributed by atoms with Crippen molar-refractivity contribution in [1.29, 1.82) is 0 Å². The summed E-state index contributed by atoms with van der Waals surface area (Å²) in [6, 6.07) is 13.7. The molecule has 6 heteroatoms. The number of aromatic nitrogens is 2. The Morgan fingerprint density at radius 1 is 1.11 bits per heavy atom. The number of Topliss-reactive ketones (excluding diaryl/α,β-unsaturated/α-hetero) is 1. The van der Waals surface area contributed by atoms with E-state index in [1.165, 1.54) is 4.88 Å². The number of fused-ring (bicyclic) bond motifs is 1. The first kappa shape index (κ1) is 17.3. The van der Waals surface area contributed by atoms with Crippen LogP contribution < -0.4 is 10.9 Å². The van der Waals surface area contributed by atoms with Crippen LogP contribution in [0.15, 0.2) is 63.9 Å². The molecule has 2 N–H and O–H groups in total. The molecule has 1 aliphatic carbocycles. The number of H-pyrrole nitrogens is 1. The highest BCUT2D eigenvalue weighted by Gasteiger charge is 2.39. The summed E-state index contributed by atoms with van der Waals surface area (Å²) in [4.78, 5) is 27.5. The molecule has 1 aliphatic heterocycles. The Hall–Kier alpha value is -2.86. The average molecular weight is 391 g/mol. The number of nitrogens with one attached hydrogen (secondary N) is 2. The summed E-state index contributed by atoms with van der Waals surface area (Å²) in [7, 11) is 0. The summed E-state index contributed by atoms with van der Waals surface area (Å²) >= 11 is 1.70. The smallest absolute Gasteiger partial charge is 0.277 e. The molecule has 0 unspecified atom stereocenters. The molecule has 0 fully saturated rings. The van der Waals surface area contributed by atoms with Crippen LogP contribution in [0.5, 0.6) is 0 Å². The lowest BCUT2D eigenvalue weighted by molar-refractivity contribution is -0.116. The lowest BCUT2D eigenvalue weighted by atomic mass is 9.75. The third-order valence-electron chi connectivity index (χ3n) is 5.78. The Morgan fingerprint density at radius 3 is 2.64 bits per heavy atom. The molecule has 28 heavy (non-hydrogen) atoms. The lowest BCUT2D eigenvalue weighted by Gasteiger charge is -2.33. The van der Waals surface area contributed by atoms with E-state index in [9.17, 15) is 9.59 Å². The van der Waals surface area contributed by atoms with Gasteiger partial charge in [-0.25, -0.2) is 4.68 Å². The third-order valence-corrected chi connectivity index (χ3v) is 6.81. The highest BCUT2D eigenvalue weighted by atomic mass is 32.1. The van der Waals surface area contributed by atoms with Gasteiger partial charge < -0.3 is 5.32 Å². The minimum Gasteiger partial charge on any atom is -0.343 e. The molecule has 0 spiro atoms. The minimum atomic E-state index is -0.156. The van der Waals surface area contributed by atoms with E-state index in [4.69, 9.17) is 0 Å². The summed E-state index contributed by atoms with van der Waals surface area (Å²) in [6.45, 7) is 2.04. The van der Waals surface area contributed by atoms with Crippen molar-refractivity contribution >= 4 is 22.9 Å². The van der Waals surface area contributed by atoms with Crippen LogP contribution in [0.1, 0.15) is 48.5 Å². The van der Waals surface area contributed by atoms with Crippen LogP contribution >= 0.6 is 11.3 Å². The number of ketones is 1. The molecule has 5 rings (SSSR count). The summed E-state index contributed by atoms with van der Waals surface area (Å²) in [6.07, 6.45) is 2.05. The molecule has 2 atom stereocenters. The van der Waals surface area contributed by atoms with E-state index in [1.807, 2.05) is 43.3 Å². The van der Waals surface area contributed by atoms with Gasteiger partial charge in [-0.3, -0.25) is 14.7 Å². The van der Waals surface area contributed by atoms with Gasteiger partial charge in [0.25, 0.3) is 5.56 Å². The Morgan fingerprint density at radius 2 is 1.93 bits per heavy atom. The summed E-state index contributed by atoms with van der Waals surface area (Å²) in [5, 5.41) is 8.69. The van der Waals surface area contributed by atoms with Crippen LogP contribution in [-0.4, -0.2) is 15.6 Å². The van der Waals surface area contributed by atoms with Crippen LogP contribution in [0.3, 0.4) is 0 Å². The van der Waals surface area contributed by atoms with Crippen molar-refractivity contribution in [2.24, 2.45) is 0 Å². The van der Waals surface area contributed by atoms with Gasteiger partial charge in [-0.05, 0) is 36.4 Å². The highest BCUT2D eigenvalue weighted by Crippen LogP contribution is 2.45. The van der Waals surface area contributed by atoms with Gasteiger partial charge >= 0.3 is 0 Å². The maximum absolute atomic E-state index is 13.2. The molecule has 3 heterocycles. The number of thiophene rings is 1. The van der Waals surface area contributed by atoms with Crippen LogP contribution in [0, 0.1) is 0 Å². The first-order valence-electron chi connectivity index (χ1n) is 9.64. The van der Waals surface area contributed by atoms with Gasteiger partial charge in [-0.15, -0.1) is 11.3 Å². The van der Waals surface area contributed by atoms with Gasteiger partial charge in [0.2, 0.25) is 0 Å². The first-order chi connectivity index (χ1) is 13.7. The zero-order valence-corrected chi connectivity index (χ0v) is 16.4. The highest BCUT2D eigenvalue weighted by molar-refractivity contribution is 7.10. The Balaban J connectivity index is 1.59. The van der Waals surface area contributed by atoms with Gasteiger partial charge in [-0.2, -0.15) is 0 Å². The van der Waals surface area contributed by atoms with E-state index in [-0.39, 0.29) is 23.2 Å². The lowest BCUT2D eigenvalue weighted by Crippen LogP contribution is -2.31. The number of rotatable bonds is 3. The number of hydrogen-bond acceptors (Lipinski definition) is 4. The Kier molecular flexibility index (Phi) is 4.09. The van der Waals surface area contributed by atoms with Gasteiger partial charge in [0.1, 0.15) is 5.82 Å². The van der Waals surface area contributed by atoms with Crippen molar-refractivity contribution in [2.45, 2.75) is 38.0 Å². The number of anilines is 1. The number of hydrogen-bond donors (Lipinski definition) is 2. The van der Waals surface area contributed by atoms with Crippen LogP contribution in [0.25, 0.3) is 5.69 Å². The molecule has 0 saturated heterocycles. The van der Waals surface area contributed by atoms with Gasteiger partial charge in [0.05, 0.1) is 11.3 Å². The van der Waals surface area contributed by atoms with E-state index >= 15 is 0 Å². The topological polar surface area (TPSA) is 66.9 Å². The number of carbonyl (C=O) groups is 1. The maximum atomic E-state index is 13.2. The zero-order chi connectivity index (χ0) is 19.3. The monoisotopic (exact) mass is 391 g/mol. The van der Waals surface area contributed by atoms with Crippen molar-refractivity contribution in [3.05, 3.63) is 79.9 Å². The quantitative estimate of drug-likeness (QED) is 0.688. The van der Waals surface area contributed by atoms with Crippen LogP contribution in [0.4, 0.5) is 5.82 Å². The van der Waals surface area contributed by atoms with E-state index in [2.05, 4.69) is 21.9 Å². The normalized spacial score (nSPS) is 21.2. The molecule has 3 aromatic rings. The second-order valence-electron chi connectivity index (χ2n) is 7.40. The number of aromatic amines is 1. The summed E-state index contributed by atoms with van der Waals surface area (Å²) in [5.74, 6) is 0.938. The van der Waals surface area contributed by atoms with Crippen molar-refractivity contribution in [2.75, 3.05) is 5.32 Å². The van der Waals surface area contributed by atoms with Crippen molar-refractivity contribution in [1.82, 2.24) is 9.78 Å². The van der Waals surface area contributed by atoms with Crippen molar-refractivity contribution < 1.29 is 4.79 Å². The minimum absolute atomic E-state index is 0.0831. The Labute approximate surface area is 166 Å². The zero-order valence-electron chi connectivity index (χ0n) is 15.6. The van der Waals surface area contributed by atoms with E-state index in [0.29, 0.717) is 12.0 Å². The second-order valence-corrected chi connectivity index (χ2v) is 8.38. The molecular formula is C22H21N3O2S. The van der Waals surface area contributed by atoms with Gasteiger partial charge in [-0.1, -0.05) is 31.2 Å². The van der Waals surface area contributed by atoms with Gasteiger partial charge in [0, 0.05) is 34.4 Å². The van der Waals surface area contributed by atoms with Crippen LogP contribution in [0.2, 0.25) is 0 Å². The number of benzene rings is 1. The molecule has 0 saturated carbocycles. The molecule has 0 radical (unpaired) electrons. The standard InChI is InChI=1S/C22H21N3O2S/c1-2-15-19-16(11-13(12-17(19)26)18-9-6-10-28-18)23-21-20(15)22(27)25(24-21)14-7-4-3-5-8-14/h3-10,13,15,23-24H,2,11-12H2,1H3/t13-,15+/m1/s1. The Bertz CT molecular complexity index is 1120. The number of carbonyl (C=O) groups excluding carboxylic acids is 1. The fourth-order valence-corrected chi connectivity index (χ4v) is 5.34. The fraction of sp³-hybridized carbons (Fsp3) is 0.273. The maximum Gasteiger partial charge on any atom is 0.277 e. The average Bonchev–Trinajstić information content (AvgIpc) is 3.36. The SMILES string of the molecule is CC[C@H]1C2=C(C[C@@H](c3cccs3)CC2=O)Nc2[nH]n(-c3ccccc3)c(=O)c21. The van der Waals surface area contributed by atoms with Crippen molar-refractivity contribution in [3.63, 3.8) is 0 Å². The molecule has 142 valence electrons. The molecule has 0 amide bonds. The molecule has 0 bridgehead atoms. The van der Waals surface area contributed by atoms with E-state index < -0.39 is 0 Å². The fourth-order valence-electron chi connectivity index (χ4n) is 4.51. The second kappa shape index (κ2) is 6.63. The molecule has 2 aliphatic rings. The van der Waals surface area contributed by atoms with E-state index in [0.717, 1.165) is 35.6 Å². The third kappa shape index (κ3) is 2.59. The van der Waals surface area contributed by atoms with Crippen LogP contribution in [-0.2, 0) is 4.79 Å². The molecule has 5 nitrogen and oxygen atoms in total. The summed E-state index contributed by atoms with van der Waals surface area (Å²) in [5.41, 5.74) is 3.15. The van der Waals surface area contributed by atoms with E-state index in [1.54, 1.807) is 16.0 Å². The number of allylic oxidation sites excluding steroid dienone is 2. The predicted octanol–water partition coefficient (Wildman–Crippen LogP) is 4.55. The van der Waals surface area contributed by atoms with Gasteiger partial charge in [0.15, 0.2) is 5.78 Å². The molecule has 2 aromatic heterocycles. The summed E-state index contributed by atoms with van der Waals surface area (Å²) < 4.78 is 1.57. The predicted molar refractivity (Wildman–Crippen MR) is 111 cm³/mol. The number of para-hydroxylation sites is 1. The first-order valence-corrected chi connectivity index (χ1v) is 10.5. The molecule has 1 aromatic carbocycles. The largest absolute Gasteiger partial charge is 0.343 e. The molecular weight excluding hydrogens is 370 g/mol. The number of nitrogens with zero attached hydrogens (tertiary/aromatic N) is 1. The van der Waals surface area contributed by atoms with Crippen molar-refractivity contribution in [3.8, 4) is 5.69 Å².